The van der Waals surface area contributed by atoms with E-state index in [0.29, 0.717) is 21.5 Å². The number of nitrogens with zero attached hydrogens (tertiary/aromatic N) is 1. The molecule has 1 N–H and O–H groups in total. The van der Waals surface area contributed by atoms with Gasteiger partial charge in [0.2, 0.25) is 5.88 Å². The first-order chi connectivity index (χ1) is 7.72. The van der Waals surface area contributed by atoms with Gasteiger partial charge < -0.3 is 9.84 Å². The smallest absolute Gasteiger partial charge is 0.213 e. The molecule has 0 aliphatic rings. The fourth-order valence-electron chi connectivity index (χ4n) is 1.33. The standard InChI is InChI=1S/C11H10ClNO2S/c1-15-9-4-2-3-8(13-9)10(14)11-7(12)5-6-16-11/h2-6,10,14H,1H3. The molecule has 0 saturated carbocycles. The number of rotatable bonds is 3. The van der Waals surface area contributed by atoms with E-state index in [0.717, 1.165) is 0 Å². The summed E-state index contributed by atoms with van der Waals surface area (Å²) < 4.78 is 5.00. The maximum absolute atomic E-state index is 10.1. The zero-order valence-electron chi connectivity index (χ0n) is 8.55. The molecule has 1 unspecified atom stereocenters. The zero-order chi connectivity index (χ0) is 11.5. The summed E-state index contributed by atoms with van der Waals surface area (Å²) in [4.78, 5) is 4.86. The van der Waals surface area contributed by atoms with Gasteiger partial charge in [-0.2, -0.15) is 0 Å². The fraction of sp³-hybridized carbons (Fsp3) is 0.182. The van der Waals surface area contributed by atoms with Gasteiger partial charge >= 0.3 is 0 Å². The highest BCUT2D eigenvalue weighted by atomic mass is 35.5. The van der Waals surface area contributed by atoms with E-state index in [1.54, 1.807) is 24.3 Å². The van der Waals surface area contributed by atoms with Crippen molar-refractivity contribution in [1.29, 1.82) is 0 Å². The maximum Gasteiger partial charge on any atom is 0.213 e. The van der Waals surface area contributed by atoms with Gasteiger partial charge in [-0.05, 0) is 17.5 Å². The molecule has 2 rings (SSSR count). The van der Waals surface area contributed by atoms with Crippen LogP contribution in [0.5, 0.6) is 5.88 Å². The first-order valence-electron chi connectivity index (χ1n) is 4.64. The number of hydrogen-bond donors (Lipinski definition) is 1. The largest absolute Gasteiger partial charge is 0.481 e. The number of thiophene rings is 1. The number of hydrogen-bond acceptors (Lipinski definition) is 4. The van der Waals surface area contributed by atoms with Gasteiger partial charge in [-0.1, -0.05) is 17.7 Å². The molecule has 0 aromatic carbocycles. The van der Waals surface area contributed by atoms with Gasteiger partial charge in [0.25, 0.3) is 0 Å². The fourth-order valence-corrected chi connectivity index (χ4v) is 2.49. The number of aliphatic hydroxyl groups excluding tert-OH is 1. The molecule has 0 bridgehead atoms. The van der Waals surface area contributed by atoms with Gasteiger partial charge in [0.15, 0.2) is 0 Å². The van der Waals surface area contributed by atoms with Crippen LogP contribution in [0.25, 0.3) is 0 Å². The Bertz CT molecular complexity index is 486. The predicted molar refractivity (Wildman–Crippen MR) is 64.2 cm³/mol. The van der Waals surface area contributed by atoms with Crippen LogP contribution in [0.4, 0.5) is 0 Å². The van der Waals surface area contributed by atoms with Crippen LogP contribution in [0, 0.1) is 0 Å². The average Bonchev–Trinajstić information content (AvgIpc) is 2.74. The first-order valence-corrected chi connectivity index (χ1v) is 5.90. The molecule has 3 nitrogen and oxygen atoms in total. The Labute approximate surface area is 102 Å². The molecule has 1 atom stereocenters. The van der Waals surface area contributed by atoms with Crippen molar-refractivity contribution in [2.75, 3.05) is 7.11 Å². The monoisotopic (exact) mass is 255 g/mol. The van der Waals surface area contributed by atoms with E-state index in [1.807, 2.05) is 5.38 Å². The van der Waals surface area contributed by atoms with Crippen LogP contribution in [0.1, 0.15) is 16.7 Å². The van der Waals surface area contributed by atoms with Crippen LogP contribution in [-0.4, -0.2) is 17.2 Å². The van der Waals surface area contributed by atoms with Crippen LogP contribution in [-0.2, 0) is 0 Å². The molecule has 0 saturated heterocycles. The minimum absolute atomic E-state index is 0.476. The number of methoxy groups -OCH3 is 1. The van der Waals surface area contributed by atoms with E-state index in [1.165, 1.54) is 18.4 Å². The van der Waals surface area contributed by atoms with Gasteiger partial charge in [-0.15, -0.1) is 11.3 Å². The SMILES string of the molecule is COc1cccc(C(O)c2sccc2Cl)n1. The molecule has 0 fully saturated rings. The summed E-state index contributed by atoms with van der Waals surface area (Å²) in [6.45, 7) is 0. The van der Waals surface area contributed by atoms with Crippen LogP contribution < -0.4 is 4.74 Å². The zero-order valence-corrected chi connectivity index (χ0v) is 10.1. The number of pyridine rings is 1. The third-order valence-corrected chi connectivity index (χ3v) is 3.54. The molecule has 16 heavy (non-hydrogen) atoms. The maximum atomic E-state index is 10.1. The topological polar surface area (TPSA) is 42.4 Å². The minimum Gasteiger partial charge on any atom is -0.481 e. The Hall–Kier alpha value is -1.10. The first kappa shape index (κ1) is 11.4. The summed E-state index contributed by atoms with van der Waals surface area (Å²) in [5.41, 5.74) is 0.531. The molecule has 5 heteroatoms. The van der Waals surface area contributed by atoms with Crippen molar-refractivity contribution in [2.45, 2.75) is 6.10 Å². The Kier molecular flexibility index (Phi) is 3.43. The lowest BCUT2D eigenvalue weighted by Crippen LogP contribution is -2.01. The number of halogens is 1. The summed E-state index contributed by atoms with van der Waals surface area (Å²) in [6, 6.07) is 7.01. The second-order valence-electron chi connectivity index (χ2n) is 3.14. The summed E-state index contributed by atoms with van der Waals surface area (Å²) in [5, 5.41) is 12.5. The normalized spacial score (nSPS) is 12.4. The van der Waals surface area contributed by atoms with E-state index in [4.69, 9.17) is 16.3 Å². The molecular weight excluding hydrogens is 246 g/mol. The Morgan fingerprint density at radius 3 is 2.88 bits per heavy atom. The summed E-state index contributed by atoms with van der Waals surface area (Å²) in [7, 11) is 1.54. The minimum atomic E-state index is -0.803. The Balaban J connectivity index is 2.33. The second kappa shape index (κ2) is 4.82. The number of aromatic nitrogens is 1. The lowest BCUT2D eigenvalue weighted by Gasteiger charge is -2.09. The van der Waals surface area contributed by atoms with Gasteiger partial charge in [-0.25, -0.2) is 4.98 Å². The molecular formula is C11H10ClNO2S. The molecule has 0 aliphatic heterocycles. The molecule has 84 valence electrons. The Morgan fingerprint density at radius 2 is 2.25 bits per heavy atom. The second-order valence-corrected chi connectivity index (χ2v) is 4.50. The molecule has 2 heterocycles. The third-order valence-electron chi connectivity index (χ3n) is 2.13. The van der Waals surface area contributed by atoms with Crippen molar-refractivity contribution >= 4 is 22.9 Å². The molecule has 0 radical (unpaired) electrons. The van der Waals surface area contributed by atoms with Crippen molar-refractivity contribution in [3.63, 3.8) is 0 Å². The summed E-state index contributed by atoms with van der Waals surface area (Å²) >= 11 is 7.35. The van der Waals surface area contributed by atoms with E-state index in [2.05, 4.69) is 4.98 Å². The van der Waals surface area contributed by atoms with E-state index in [9.17, 15) is 5.11 Å². The highest BCUT2D eigenvalue weighted by molar-refractivity contribution is 7.10. The lowest BCUT2D eigenvalue weighted by molar-refractivity contribution is 0.217. The van der Waals surface area contributed by atoms with Gasteiger partial charge in [0, 0.05) is 6.07 Å². The highest BCUT2D eigenvalue weighted by Gasteiger charge is 2.16. The van der Waals surface area contributed by atoms with Gasteiger partial charge in [0.05, 0.1) is 22.7 Å². The van der Waals surface area contributed by atoms with E-state index >= 15 is 0 Å². The molecule has 0 aliphatic carbocycles. The molecule has 0 spiro atoms. The van der Waals surface area contributed by atoms with Gasteiger partial charge in [-0.3, -0.25) is 0 Å². The van der Waals surface area contributed by atoms with Gasteiger partial charge in [0.1, 0.15) is 6.10 Å². The van der Waals surface area contributed by atoms with Crippen LogP contribution >= 0.6 is 22.9 Å². The van der Waals surface area contributed by atoms with Crippen LogP contribution in [0.2, 0.25) is 5.02 Å². The van der Waals surface area contributed by atoms with E-state index in [-0.39, 0.29) is 0 Å². The molecule has 0 amide bonds. The van der Waals surface area contributed by atoms with Crippen molar-refractivity contribution < 1.29 is 9.84 Å². The highest BCUT2D eigenvalue weighted by Crippen LogP contribution is 2.32. The molecule has 2 aromatic rings. The number of ether oxygens (including phenoxy) is 1. The van der Waals surface area contributed by atoms with Crippen molar-refractivity contribution in [3.8, 4) is 5.88 Å². The Morgan fingerprint density at radius 1 is 1.44 bits per heavy atom. The lowest BCUT2D eigenvalue weighted by atomic mass is 10.2. The summed E-state index contributed by atoms with van der Waals surface area (Å²) in [6.07, 6.45) is -0.803. The summed E-state index contributed by atoms with van der Waals surface area (Å²) in [5.74, 6) is 0.476. The van der Waals surface area contributed by atoms with Crippen LogP contribution in [0.15, 0.2) is 29.6 Å². The van der Waals surface area contributed by atoms with Crippen molar-refractivity contribution in [3.05, 3.63) is 45.2 Å². The quantitative estimate of drug-likeness (QED) is 0.917. The predicted octanol–water partition coefficient (Wildman–Crippen LogP) is 2.89. The third kappa shape index (κ3) is 2.19. The number of aliphatic hydroxyl groups is 1. The molecule has 2 aromatic heterocycles. The van der Waals surface area contributed by atoms with Crippen molar-refractivity contribution in [2.24, 2.45) is 0 Å². The average molecular weight is 256 g/mol. The van der Waals surface area contributed by atoms with Crippen LogP contribution in [0.3, 0.4) is 0 Å². The van der Waals surface area contributed by atoms with Crippen molar-refractivity contribution in [1.82, 2.24) is 4.98 Å². The van der Waals surface area contributed by atoms with E-state index < -0.39 is 6.10 Å².